The van der Waals surface area contributed by atoms with Gasteiger partial charge in [0.1, 0.15) is 0 Å². The van der Waals surface area contributed by atoms with Crippen molar-refractivity contribution < 1.29 is 0 Å². The maximum absolute atomic E-state index is 4.48. The topological polar surface area (TPSA) is 3.24 Å². The molecule has 66 valence electrons. The summed E-state index contributed by atoms with van der Waals surface area (Å²) in [5.41, 5.74) is 1.20. The first kappa shape index (κ1) is 10.1. The second-order valence-corrected chi connectivity index (χ2v) is 4.20. The lowest BCUT2D eigenvalue weighted by atomic mass is 10.2. The summed E-state index contributed by atoms with van der Waals surface area (Å²) in [6.07, 6.45) is 0. The molecule has 0 saturated carbocycles. The van der Waals surface area contributed by atoms with Gasteiger partial charge in [0, 0.05) is 4.47 Å². The molecule has 0 spiro atoms. The second kappa shape index (κ2) is 4.30. The molecule has 0 radical (unpaired) electrons. The molecule has 0 aliphatic rings. The van der Waals surface area contributed by atoms with E-state index in [1.807, 2.05) is 32.3 Å². The number of halogens is 1. The fourth-order valence-corrected chi connectivity index (χ4v) is 1.87. The Labute approximate surface area is 87.3 Å². The second-order valence-electron chi connectivity index (χ2n) is 2.86. The number of rotatable bonds is 2. The zero-order valence-corrected chi connectivity index (χ0v) is 9.64. The first-order chi connectivity index (χ1) is 5.63. The highest BCUT2D eigenvalue weighted by Gasteiger charge is 2.10. The van der Waals surface area contributed by atoms with Crippen LogP contribution in [0, 0.1) is 0 Å². The Bertz CT molecular complexity index is 262. The van der Waals surface area contributed by atoms with Crippen LogP contribution in [0.5, 0.6) is 0 Å². The van der Waals surface area contributed by atoms with Crippen LogP contribution in [-0.2, 0) is 0 Å². The fraction of sp³-hybridized carbons (Fsp3) is 0.333. The van der Waals surface area contributed by atoms with Gasteiger partial charge in [-0.1, -0.05) is 34.1 Å². The average molecular weight is 246 g/mol. The van der Waals surface area contributed by atoms with Gasteiger partial charge in [-0.2, -0.15) is 12.6 Å². The van der Waals surface area contributed by atoms with Crippen LogP contribution in [-0.4, -0.2) is 19.0 Å². The molecule has 1 atom stereocenters. The molecule has 12 heavy (non-hydrogen) atoms. The van der Waals surface area contributed by atoms with Crippen LogP contribution >= 0.6 is 28.6 Å². The Balaban J connectivity index is 2.94. The Morgan fingerprint density at radius 3 is 2.42 bits per heavy atom. The molecule has 0 aliphatic carbocycles. The van der Waals surface area contributed by atoms with Crippen molar-refractivity contribution in [1.29, 1.82) is 0 Å². The van der Waals surface area contributed by atoms with Gasteiger partial charge < -0.3 is 0 Å². The molecule has 0 heterocycles. The van der Waals surface area contributed by atoms with Crippen molar-refractivity contribution in [1.82, 2.24) is 4.90 Å². The van der Waals surface area contributed by atoms with E-state index in [9.17, 15) is 0 Å². The predicted octanol–water partition coefficient (Wildman–Crippen LogP) is 2.94. The number of nitrogens with zero attached hydrogens (tertiary/aromatic N) is 1. The van der Waals surface area contributed by atoms with Gasteiger partial charge >= 0.3 is 0 Å². The molecule has 1 unspecified atom stereocenters. The highest BCUT2D eigenvalue weighted by Crippen LogP contribution is 2.28. The molecule has 0 fully saturated rings. The lowest BCUT2D eigenvalue weighted by Crippen LogP contribution is -2.15. The van der Waals surface area contributed by atoms with Crippen LogP contribution in [0.2, 0.25) is 0 Å². The molecule has 0 aliphatic heterocycles. The Hall–Kier alpha value is 0.01000. The summed E-state index contributed by atoms with van der Waals surface area (Å²) in [5.74, 6) is 0. The molecule has 3 heteroatoms. The highest BCUT2D eigenvalue weighted by molar-refractivity contribution is 9.10. The van der Waals surface area contributed by atoms with E-state index in [2.05, 4.69) is 39.5 Å². The molecule has 1 aromatic carbocycles. The third kappa shape index (κ3) is 2.25. The van der Waals surface area contributed by atoms with E-state index in [1.54, 1.807) is 0 Å². The first-order valence-electron chi connectivity index (χ1n) is 3.72. The Morgan fingerprint density at radius 1 is 1.33 bits per heavy atom. The van der Waals surface area contributed by atoms with Crippen LogP contribution in [0.3, 0.4) is 0 Å². The van der Waals surface area contributed by atoms with Crippen molar-refractivity contribution >= 4 is 28.6 Å². The number of hydrogen-bond acceptors (Lipinski definition) is 2. The third-order valence-corrected chi connectivity index (χ3v) is 3.13. The van der Waals surface area contributed by atoms with Crippen molar-refractivity contribution in [2.45, 2.75) is 5.37 Å². The molecule has 0 N–H and O–H groups in total. The Morgan fingerprint density at radius 2 is 1.92 bits per heavy atom. The largest absolute Gasteiger partial charge is 0.294 e. The lowest BCUT2D eigenvalue weighted by Gasteiger charge is -2.20. The van der Waals surface area contributed by atoms with Crippen LogP contribution < -0.4 is 0 Å². The van der Waals surface area contributed by atoms with Crippen molar-refractivity contribution in [3.8, 4) is 0 Å². The van der Waals surface area contributed by atoms with E-state index in [4.69, 9.17) is 0 Å². The van der Waals surface area contributed by atoms with Crippen molar-refractivity contribution in [3.05, 3.63) is 34.3 Å². The van der Waals surface area contributed by atoms with Gasteiger partial charge in [0.2, 0.25) is 0 Å². The Kier molecular flexibility index (Phi) is 3.62. The SMILES string of the molecule is CN(C)C(S)c1ccccc1Br. The van der Waals surface area contributed by atoms with Gasteiger partial charge in [-0.05, 0) is 25.7 Å². The molecular weight excluding hydrogens is 234 g/mol. The zero-order chi connectivity index (χ0) is 9.14. The minimum atomic E-state index is 0.153. The van der Waals surface area contributed by atoms with Gasteiger partial charge in [-0.15, -0.1) is 0 Å². The minimum absolute atomic E-state index is 0.153. The van der Waals surface area contributed by atoms with E-state index >= 15 is 0 Å². The van der Waals surface area contributed by atoms with Crippen molar-refractivity contribution in [3.63, 3.8) is 0 Å². The molecule has 0 bridgehead atoms. The van der Waals surface area contributed by atoms with Crippen molar-refractivity contribution in [2.24, 2.45) is 0 Å². The number of benzene rings is 1. The normalized spacial score (nSPS) is 13.4. The van der Waals surface area contributed by atoms with Gasteiger partial charge in [-0.25, -0.2) is 0 Å². The lowest BCUT2D eigenvalue weighted by molar-refractivity contribution is 0.393. The van der Waals surface area contributed by atoms with Crippen LogP contribution in [0.1, 0.15) is 10.9 Å². The standard InChI is InChI=1S/C9H12BrNS/c1-11(2)9(12)7-5-3-4-6-8(7)10/h3-6,9,12H,1-2H3. The summed E-state index contributed by atoms with van der Waals surface area (Å²) >= 11 is 7.97. The van der Waals surface area contributed by atoms with E-state index in [1.165, 1.54) is 5.56 Å². The first-order valence-corrected chi connectivity index (χ1v) is 5.03. The van der Waals surface area contributed by atoms with E-state index in [-0.39, 0.29) is 5.37 Å². The minimum Gasteiger partial charge on any atom is -0.294 e. The third-order valence-electron chi connectivity index (χ3n) is 1.67. The van der Waals surface area contributed by atoms with E-state index < -0.39 is 0 Å². The molecule has 0 aromatic heterocycles. The maximum Gasteiger partial charge on any atom is 0.0790 e. The molecule has 0 amide bonds. The summed E-state index contributed by atoms with van der Waals surface area (Å²) in [6, 6.07) is 8.13. The summed E-state index contributed by atoms with van der Waals surface area (Å²) in [7, 11) is 4.02. The van der Waals surface area contributed by atoms with Crippen LogP contribution in [0.25, 0.3) is 0 Å². The van der Waals surface area contributed by atoms with Gasteiger partial charge in [0.15, 0.2) is 0 Å². The number of hydrogen-bond donors (Lipinski definition) is 1. The van der Waals surface area contributed by atoms with Crippen LogP contribution in [0.15, 0.2) is 28.7 Å². The van der Waals surface area contributed by atoms with Crippen LogP contribution in [0.4, 0.5) is 0 Å². The smallest absolute Gasteiger partial charge is 0.0790 e. The van der Waals surface area contributed by atoms with E-state index in [0.29, 0.717) is 0 Å². The highest BCUT2D eigenvalue weighted by atomic mass is 79.9. The predicted molar refractivity (Wildman–Crippen MR) is 59.6 cm³/mol. The summed E-state index contributed by atoms with van der Waals surface area (Å²) < 4.78 is 1.11. The molecule has 1 nitrogen and oxygen atoms in total. The monoisotopic (exact) mass is 245 g/mol. The molecule has 1 rings (SSSR count). The fourth-order valence-electron chi connectivity index (χ4n) is 0.963. The van der Waals surface area contributed by atoms with E-state index in [0.717, 1.165) is 4.47 Å². The van der Waals surface area contributed by atoms with Crippen molar-refractivity contribution in [2.75, 3.05) is 14.1 Å². The van der Waals surface area contributed by atoms with Gasteiger partial charge in [0.05, 0.1) is 5.37 Å². The molecular formula is C9H12BrNS. The number of thiol groups is 1. The zero-order valence-electron chi connectivity index (χ0n) is 7.16. The van der Waals surface area contributed by atoms with Gasteiger partial charge in [0.25, 0.3) is 0 Å². The molecule has 1 aromatic rings. The average Bonchev–Trinajstić information content (AvgIpc) is 2.04. The molecule has 0 saturated heterocycles. The van der Waals surface area contributed by atoms with Gasteiger partial charge in [-0.3, -0.25) is 4.90 Å². The quantitative estimate of drug-likeness (QED) is 0.620. The summed E-state index contributed by atoms with van der Waals surface area (Å²) in [6.45, 7) is 0. The summed E-state index contributed by atoms with van der Waals surface area (Å²) in [4.78, 5) is 2.06. The summed E-state index contributed by atoms with van der Waals surface area (Å²) in [5, 5.41) is 0.153. The maximum atomic E-state index is 4.48.